The Hall–Kier alpha value is -13.3. The van der Waals surface area contributed by atoms with Gasteiger partial charge in [0, 0.05) is 65.8 Å². The second kappa shape index (κ2) is 23.2. The first-order chi connectivity index (χ1) is 49.6. The van der Waals surface area contributed by atoms with Crippen molar-refractivity contribution in [3.63, 3.8) is 0 Å². The minimum absolute atomic E-state index is 1.13. The zero-order valence-electron chi connectivity index (χ0n) is 54.6. The highest BCUT2D eigenvalue weighted by Crippen LogP contribution is 2.43. The quantitative estimate of drug-likeness (QED) is 0.123. The molecule has 20 aromatic rings. The summed E-state index contributed by atoms with van der Waals surface area (Å²) in [5.74, 6) is 0. The molecule has 0 spiro atoms. The summed E-state index contributed by atoms with van der Waals surface area (Å²) in [6, 6.07) is 138. The molecule has 4 heterocycles. The number of nitrogens with zero attached hydrogens (tertiary/aromatic N) is 4. The number of fused-ring (bicyclic) bond motifs is 12. The molecule has 0 atom stereocenters. The van der Waals surface area contributed by atoms with Crippen LogP contribution in [0.5, 0.6) is 0 Å². The van der Waals surface area contributed by atoms with Crippen molar-refractivity contribution < 1.29 is 0 Å². The van der Waals surface area contributed by atoms with Gasteiger partial charge in [-0.25, -0.2) is 0 Å². The third kappa shape index (κ3) is 9.45. The number of benzene rings is 16. The van der Waals surface area contributed by atoms with E-state index in [1.165, 1.54) is 171 Å². The van der Waals surface area contributed by atoms with E-state index in [0.29, 0.717) is 0 Å². The molecule has 0 radical (unpaired) electrons. The van der Waals surface area contributed by atoms with Crippen molar-refractivity contribution in [3.8, 4) is 101 Å². The summed E-state index contributed by atoms with van der Waals surface area (Å²) in [5, 5.41) is 9.91. The van der Waals surface area contributed by atoms with Crippen LogP contribution in [0.25, 0.3) is 188 Å². The van der Waals surface area contributed by atoms with Gasteiger partial charge in [0.05, 0.1) is 44.1 Å². The number of rotatable bonds is 11. The van der Waals surface area contributed by atoms with E-state index in [-0.39, 0.29) is 0 Å². The molecule has 466 valence electrons. The van der Waals surface area contributed by atoms with Crippen molar-refractivity contribution in [3.05, 3.63) is 376 Å². The number of para-hydroxylation sites is 5. The molecular formula is C96H62N4. The predicted octanol–water partition coefficient (Wildman–Crippen LogP) is 25.7. The van der Waals surface area contributed by atoms with Crippen molar-refractivity contribution in [2.75, 3.05) is 0 Å². The highest BCUT2D eigenvalue weighted by atomic mass is 15.0. The van der Waals surface area contributed by atoms with Crippen LogP contribution in [0.1, 0.15) is 0 Å². The van der Waals surface area contributed by atoms with E-state index in [2.05, 4.69) is 394 Å². The SMILES string of the molecule is c1ccc(-c2ccc(-c3ccc(-n4c5ccccc5c5cc(-c6ccc7c(c6)c6ccccc6n7-c6ccc(-c7cccc(-c8ccc(-c9cccc(-n%10c%11ccccc%11c%11cc(-c%12ccc%13c(c%12)c%12ccccc%12n%13-c%12ccccc%12)ccc%11%10)c9)cc8)c7)cc6)ccc54)cc3)cc2)cc1. The molecule has 0 saturated carbocycles. The fourth-order valence-corrected chi connectivity index (χ4v) is 15.9. The van der Waals surface area contributed by atoms with Gasteiger partial charge in [0.15, 0.2) is 0 Å². The molecule has 20 rings (SSSR count). The van der Waals surface area contributed by atoms with Crippen LogP contribution in [-0.2, 0) is 0 Å². The summed E-state index contributed by atoms with van der Waals surface area (Å²) in [6.45, 7) is 0. The Morgan fingerprint density at radius 1 is 0.110 bits per heavy atom. The molecule has 0 saturated heterocycles. The Balaban J connectivity index is 0.563. The lowest BCUT2D eigenvalue weighted by atomic mass is 9.97. The van der Waals surface area contributed by atoms with Gasteiger partial charge in [-0.1, -0.05) is 249 Å². The van der Waals surface area contributed by atoms with Crippen molar-refractivity contribution in [1.29, 1.82) is 0 Å². The van der Waals surface area contributed by atoms with Crippen LogP contribution in [-0.4, -0.2) is 18.3 Å². The van der Waals surface area contributed by atoms with Gasteiger partial charge in [0.1, 0.15) is 0 Å². The van der Waals surface area contributed by atoms with E-state index in [1.54, 1.807) is 0 Å². The normalized spacial score (nSPS) is 11.8. The van der Waals surface area contributed by atoms with Crippen LogP contribution in [0.3, 0.4) is 0 Å². The number of aromatic nitrogens is 4. The van der Waals surface area contributed by atoms with Crippen LogP contribution in [0, 0.1) is 0 Å². The minimum Gasteiger partial charge on any atom is -0.309 e. The molecule has 4 nitrogen and oxygen atoms in total. The lowest BCUT2D eigenvalue weighted by Gasteiger charge is -2.12. The largest absolute Gasteiger partial charge is 0.309 e. The maximum atomic E-state index is 2.43. The van der Waals surface area contributed by atoms with E-state index in [0.717, 1.165) is 17.1 Å². The van der Waals surface area contributed by atoms with E-state index in [4.69, 9.17) is 0 Å². The Morgan fingerprint density at radius 3 is 0.680 bits per heavy atom. The molecule has 0 amide bonds. The molecular weight excluding hydrogens is 1210 g/mol. The average Bonchev–Trinajstić information content (AvgIpc) is 1.60. The summed E-state index contributed by atoms with van der Waals surface area (Å²) in [7, 11) is 0. The average molecular weight is 1270 g/mol. The topological polar surface area (TPSA) is 19.7 Å². The van der Waals surface area contributed by atoms with Crippen LogP contribution in [0.2, 0.25) is 0 Å². The summed E-state index contributed by atoms with van der Waals surface area (Å²) < 4.78 is 9.63. The first-order valence-electron chi connectivity index (χ1n) is 34.4. The van der Waals surface area contributed by atoms with Crippen molar-refractivity contribution >= 4 is 87.2 Å². The molecule has 0 N–H and O–H groups in total. The third-order valence-corrected chi connectivity index (χ3v) is 20.8. The molecule has 4 heteroatoms. The van der Waals surface area contributed by atoms with E-state index in [1.807, 2.05) is 0 Å². The Bertz CT molecular complexity index is 6580. The Kier molecular flexibility index (Phi) is 13.2. The van der Waals surface area contributed by atoms with Gasteiger partial charge in [0.2, 0.25) is 0 Å². The molecule has 0 aliphatic carbocycles. The van der Waals surface area contributed by atoms with Gasteiger partial charge in [-0.2, -0.15) is 0 Å². The number of hydrogen-bond acceptors (Lipinski definition) is 0. The molecule has 100 heavy (non-hydrogen) atoms. The second-order valence-electron chi connectivity index (χ2n) is 26.4. The van der Waals surface area contributed by atoms with Crippen molar-refractivity contribution in [1.82, 2.24) is 18.3 Å². The summed E-state index contributed by atoms with van der Waals surface area (Å²) in [6.07, 6.45) is 0. The van der Waals surface area contributed by atoms with Gasteiger partial charge in [-0.05, 0) is 205 Å². The first kappa shape index (κ1) is 57.0. The number of hydrogen-bond donors (Lipinski definition) is 0. The summed E-state index contributed by atoms with van der Waals surface area (Å²) in [5.41, 5.74) is 30.8. The standard InChI is InChI=1S/C96H62N4/c1-3-17-63(18-4-1)64-33-35-65(36-34-64)66-41-49-78(50-42-66)98-90-30-12-8-26-82(90)86-60-74(46-54-94(86)98)75-47-55-95-87(61-75)83-27-9-13-31-91(83)99(95)79-51-43-69(44-52-79)71-20-15-19-70(57-71)67-37-39-68(40-38-67)72-21-16-24-80(58-72)100-92-32-14-10-28-84(92)88-62-76(48-56-96(88)100)73-45-53-93-85(59-73)81-25-7-11-29-89(81)97(93)77-22-5-2-6-23-77/h1-62H. The molecule has 16 aromatic carbocycles. The molecule has 0 bridgehead atoms. The highest BCUT2D eigenvalue weighted by molar-refractivity contribution is 6.15. The van der Waals surface area contributed by atoms with Crippen LogP contribution >= 0.6 is 0 Å². The van der Waals surface area contributed by atoms with Gasteiger partial charge >= 0.3 is 0 Å². The van der Waals surface area contributed by atoms with Gasteiger partial charge in [-0.3, -0.25) is 0 Å². The predicted molar refractivity (Wildman–Crippen MR) is 422 cm³/mol. The first-order valence-corrected chi connectivity index (χ1v) is 34.4. The van der Waals surface area contributed by atoms with Gasteiger partial charge in [0.25, 0.3) is 0 Å². The molecule has 4 aromatic heterocycles. The molecule has 0 unspecified atom stereocenters. The zero-order chi connectivity index (χ0) is 65.8. The minimum atomic E-state index is 1.13. The smallest absolute Gasteiger partial charge is 0.0541 e. The van der Waals surface area contributed by atoms with Gasteiger partial charge < -0.3 is 18.3 Å². The van der Waals surface area contributed by atoms with Crippen molar-refractivity contribution in [2.24, 2.45) is 0 Å². The van der Waals surface area contributed by atoms with Crippen LogP contribution < -0.4 is 0 Å². The van der Waals surface area contributed by atoms with Crippen molar-refractivity contribution in [2.45, 2.75) is 0 Å². The van der Waals surface area contributed by atoms with E-state index < -0.39 is 0 Å². The maximum Gasteiger partial charge on any atom is 0.0541 e. The van der Waals surface area contributed by atoms with E-state index >= 15 is 0 Å². The van der Waals surface area contributed by atoms with Crippen LogP contribution in [0.15, 0.2) is 376 Å². The fourth-order valence-electron chi connectivity index (χ4n) is 15.9. The highest BCUT2D eigenvalue weighted by Gasteiger charge is 2.20. The third-order valence-electron chi connectivity index (χ3n) is 20.8. The Labute approximate surface area is 578 Å². The monoisotopic (exact) mass is 1270 g/mol. The molecule has 0 aliphatic rings. The Morgan fingerprint density at radius 2 is 0.320 bits per heavy atom. The molecule has 0 fully saturated rings. The summed E-state index contributed by atoms with van der Waals surface area (Å²) >= 11 is 0. The van der Waals surface area contributed by atoms with Crippen LogP contribution in [0.4, 0.5) is 0 Å². The molecule has 0 aliphatic heterocycles. The van der Waals surface area contributed by atoms with Gasteiger partial charge in [-0.15, -0.1) is 0 Å². The summed E-state index contributed by atoms with van der Waals surface area (Å²) in [4.78, 5) is 0. The maximum absolute atomic E-state index is 2.43. The second-order valence-corrected chi connectivity index (χ2v) is 26.4. The fraction of sp³-hybridized carbons (Fsp3) is 0. The van der Waals surface area contributed by atoms with E-state index in [9.17, 15) is 0 Å². The lowest BCUT2D eigenvalue weighted by molar-refractivity contribution is 1.18. The zero-order valence-corrected chi connectivity index (χ0v) is 54.6. The lowest BCUT2D eigenvalue weighted by Crippen LogP contribution is -1.94.